The van der Waals surface area contributed by atoms with Crippen LogP contribution in [0.15, 0.2) is 47.5 Å². The zero-order valence-electron chi connectivity index (χ0n) is 17.7. The number of aryl methyl sites for hydroxylation is 1. The number of rotatable bonds is 9. The number of nitrogens with one attached hydrogen (secondary N) is 2. The summed E-state index contributed by atoms with van der Waals surface area (Å²) >= 11 is 0. The second kappa shape index (κ2) is 13.4. The van der Waals surface area contributed by atoms with Crippen LogP contribution < -0.4 is 15.4 Å². The molecule has 29 heavy (non-hydrogen) atoms. The summed E-state index contributed by atoms with van der Waals surface area (Å²) in [5, 5.41) is 6.47. The lowest BCUT2D eigenvalue weighted by Gasteiger charge is -2.13. The molecule has 160 valence electrons. The lowest BCUT2D eigenvalue weighted by molar-refractivity contribution is 0.281. The molecule has 0 bridgehead atoms. The minimum Gasteiger partial charge on any atom is -0.494 e. The van der Waals surface area contributed by atoms with Crippen molar-refractivity contribution in [2.75, 3.05) is 34.3 Å². The maximum absolute atomic E-state index is 13.6. The molecule has 2 aromatic rings. The number of hydrogen-bond acceptors (Lipinski definition) is 3. The Balaban J connectivity index is 0.00000420. The molecule has 0 aliphatic rings. The summed E-state index contributed by atoms with van der Waals surface area (Å²) in [4.78, 5) is 6.36. The van der Waals surface area contributed by atoms with Crippen LogP contribution in [0.4, 0.5) is 4.39 Å². The Morgan fingerprint density at radius 1 is 1.03 bits per heavy atom. The van der Waals surface area contributed by atoms with Gasteiger partial charge >= 0.3 is 0 Å². The molecule has 0 unspecified atom stereocenters. The van der Waals surface area contributed by atoms with E-state index in [4.69, 9.17) is 4.74 Å². The average molecular weight is 514 g/mol. The predicted octanol–water partition coefficient (Wildman–Crippen LogP) is 3.95. The third-order valence-corrected chi connectivity index (χ3v) is 4.32. The number of halogens is 2. The summed E-state index contributed by atoms with van der Waals surface area (Å²) in [6, 6.07) is 13.3. The molecule has 5 nitrogen and oxygen atoms in total. The van der Waals surface area contributed by atoms with Crippen LogP contribution in [0.2, 0.25) is 0 Å². The summed E-state index contributed by atoms with van der Waals surface area (Å²) < 4.78 is 19.4. The van der Waals surface area contributed by atoms with E-state index in [1.54, 1.807) is 26.1 Å². The molecule has 0 amide bonds. The molecule has 0 atom stereocenters. The molecule has 2 rings (SSSR count). The minimum absolute atomic E-state index is 0. The van der Waals surface area contributed by atoms with Gasteiger partial charge in [-0.15, -0.1) is 24.0 Å². The molecule has 0 saturated carbocycles. The van der Waals surface area contributed by atoms with Crippen LogP contribution in [-0.2, 0) is 13.1 Å². The van der Waals surface area contributed by atoms with Gasteiger partial charge in [0, 0.05) is 26.7 Å². The number of guanidine groups is 1. The molecule has 0 aliphatic heterocycles. The van der Waals surface area contributed by atoms with Crippen LogP contribution in [0.1, 0.15) is 23.1 Å². The Labute approximate surface area is 190 Å². The fraction of sp³-hybridized carbons (Fsp3) is 0.409. The van der Waals surface area contributed by atoms with E-state index in [9.17, 15) is 4.39 Å². The van der Waals surface area contributed by atoms with Crippen LogP contribution in [0.3, 0.4) is 0 Å². The molecule has 0 saturated heterocycles. The first-order valence-corrected chi connectivity index (χ1v) is 9.54. The van der Waals surface area contributed by atoms with Crippen molar-refractivity contribution in [3.63, 3.8) is 0 Å². The van der Waals surface area contributed by atoms with Crippen LogP contribution in [0.5, 0.6) is 5.75 Å². The third-order valence-electron chi connectivity index (χ3n) is 4.32. The van der Waals surface area contributed by atoms with Crippen molar-refractivity contribution in [1.29, 1.82) is 0 Å². The normalized spacial score (nSPS) is 11.2. The van der Waals surface area contributed by atoms with Gasteiger partial charge < -0.3 is 20.3 Å². The molecule has 0 aliphatic carbocycles. The molecule has 0 fully saturated rings. The van der Waals surface area contributed by atoms with Crippen LogP contribution in [0, 0.1) is 12.7 Å². The lowest BCUT2D eigenvalue weighted by atomic mass is 10.1. The van der Waals surface area contributed by atoms with Gasteiger partial charge in [0.2, 0.25) is 0 Å². The maximum atomic E-state index is 13.6. The van der Waals surface area contributed by atoms with Gasteiger partial charge in [0.05, 0.1) is 6.61 Å². The predicted molar refractivity (Wildman–Crippen MR) is 129 cm³/mol. The number of aliphatic imine (C=N–C) groups is 1. The highest BCUT2D eigenvalue weighted by Crippen LogP contribution is 2.12. The smallest absolute Gasteiger partial charge is 0.191 e. The largest absolute Gasteiger partial charge is 0.494 e. The average Bonchev–Trinajstić information content (AvgIpc) is 2.69. The van der Waals surface area contributed by atoms with Crippen LogP contribution >= 0.6 is 24.0 Å². The summed E-state index contributed by atoms with van der Waals surface area (Å²) in [5.41, 5.74) is 2.66. The van der Waals surface area contributed by atoms with Gasteiger partial charge in [-0.25, -0.2) is 4.39 Å². The Bertz CT molecular complexity index is 766. The van der Waals surface area contributed by atoms with Crippen molar-refractivity contribution in [3.8, 4) is 5.75 Å². The summed E-state index contributed by atoms with van der Waals surface area (Å²) in [6.07, 6.45) is 1.00. The highest BCUT2D eigenvalue weighted by molar-refractivity contribution is 14.0. The zero-order chi connectivity index (χ0) is 20.4. The first-order chi connectivity index (χ1) is 13.5. The number of benzene rings is 2. The van der Waals surface area contributed by atoms with Gasteiger partial charge in [-0.1, -0.05) is 24.3 Å². The number of nitrogens with zero attached hydrogens (tertiary/aromatic N) is 2. The van der Waals surface area contributed by atoms with Crippen molar-refractivity contribution >= 4 is 29.9 Å². The van der Waals surface area contributed by atoms with Gasteiger partial charge in [0.1, 0.15) is 11.6 Å². The molecule has 0 heterocycles. The monoisotopic (exact) mass is 514 g/mol. The summed E-state index contributed by atoms with van der Waals surface area (Å²) in [6.45, 7) is 4.64. The fourth-order valence-corrected chi connectivity index (χ4v) is 2.61. The SMILES string of the molecule is CN=C(NCc1ccc(OCCCN(C)C)cc1)NCc1ccc(C)c(F)c1.I. The van der Waals surface area contributed by atoms with Gasteiger partial charge in [0.25, 0.3) is 0 Å². The second-order valence-electron chi connectivity index (χ2n) is 7.01. The standard InChI is InChI=1S/C22H31FN4O.HI/c1-17-6-7-19(14-21(17)23)16-26-22(24-2)25-15-18-8-10-20(11-9-18)28-13-5-12-27(3)4;/h6-11,14H,5,12-13,15-16H2,1-4H3,(H2,24,25,26);1H. The third kappa shape index (κ3) is 9.45. The van der Waals surface area contributed by atoms with E-state index in [-0.39, 0.29) is 29.8 Å². The molecular formula is C22H32FIN4O. The van der Waals surface area contributed by atoms with Crippen molar-refractivity contribution in [2.24, 2.45) is 4.99 Å². The Hall–Kier alpha value is -1.87. The van der Waals surface area contributed by atoms with E-state index in [1.165, 1.54) is 0 Å². The van der Waals surface area contributed by atoms with E-state index in [0.29, 0.717) is 31.2 Å². The highest BCUT2D eigenvalue weighted by Gasteiger charge is 2.03. The highest BCUT2D eigenvalue weighted by atomic mass is 127. The number of ether oxygens (including phenoxy) is 1. The maximum Gasteiger partial charge on any atom is 0.191 e. The summed E-state index contributed by atoms with van der Waals surface area (Å²) in [7, 11) is 5.84. The quantitative estimate of drug-likeness (QED) is 0.230. The van der Waals surface area contributed by atoms with Gasteiger partial charge in [-0.05, 0) is 62.3 Å². The van der Waals surface area contributed by atoms with Gasteiger partial charge in [0.15, 0.2) is 5.96 Å². The van der Waals surface area contributed by atoms with E-state index in [2.05, 4.69) is 34.6 Å². The van der Waals surface area contributed by atoms with Crippen molar-refractivity contribution in [2.45, 2.75) is 26.4 Å². The Kier molecular flexibility index (Phi) is 11.6. The van der Waals surface area contributed by atoms with Crippen LogP contribution in [-0.4, -0.2) is 45.2 Å². The number of hydrogen-bond donors (Lipinski definition) is 2. The fourth-order valence-electron chi connectivity index (χ4n) is 2.61. The van der Waals surface area contributed by atoms with Crippen LogP contribution in [0.25, 0.3) is 0 Å². The minimum atomic E-state index is -0.189. The van der Waals surface area contributed by atoms with Gasteiger partial charge in [-0.2, -0.15) is 0 Å². The Morgan fingerprint density at radius 2 is 1.66 bits per heavy atom. The zero-order valence-corrected chi connectivity index (χ0v) is 20.0. The van der Waals surface area contributed by atoms with Crippen molar-refractivity contribution < 1.29 is 9.13 Å². The topological polar surface area (TPSA) is 48.9 Å². The summed E-state index contributed by atoms with van der Waals surface area (Å²) in [5.74, 6) is 1.36. The van der Waals surface area contributed by atoms with E-state index >= 15 is 0 Å². The van der Waals surface area contributed by atoms with Gasteiger partial charge in [-0.3, -0.25) is 4.99 Å². The van der Waals surface area contributed by atoms with E-state index in [1.807, 2.05) is 30.3 Å². The first-order valence-electron chi connectivity index (χ1n) is 9.54. The van der Waals surface area contributed by atoms with E-state index in [0.717, 1.165) is 29.8 Å². The Morgan fingerprint density at radius 3 is 2.24 bits per heavy atom. The second-order valence-corrected chi connectivity index (χ2v) is 7.01. The molecule has 7 heteroatoms. The molecule has 2 aromatic carbocycles. The van der Waals surface area contributed by atoms with E-state index < -0.39 is 0 Å². The molecule has 0 aromatic heterocycles. The lowest BCUT2D eigenvalue weighted by Crippen LogP contribution is -2.36. The van der Waals surface area contributed by atoms with Crippen molar-refractivity contribution in [1.82, 2.24) is 15.5 Å². The molecular weight excluding hydrogens is 482 g/mol. The molecule has 0 spiro atoms. The molecule has 0 radical (unpaired) electrons. The first kappa shape index (κ1) is 25.2. The van der Waals surface area contributed by atoms with Crippen molar-refractivity contribution in [3.05, 3.63) is 65.0 Å². The molecule has 2 N–H and O–H groups in total.